The molecule has 2 radical (unpaired) electrons. The topological polar surface area (TPSA) is 13.1 Å². The third kappa shape index (κ3) is 0.660. The van der Waals surface area contributed by atoms with Gasteiger partial charge in [-0.1, -0.05) is 0 Å². The molecule has 36 valence electrons. The number of furan rings is 1. The van der Waals surface area contributed by atoms with E-state index in [4.69, 9.17) is 11.3 Å². The maximum Gasteiger partial charge on any atom is 0.104 e. The van der Waals surface area contributed by atoms with Crippen LogP contribution in [0, 0.1) is 13.8 Å². The first kappa shape index (κ1) is 4.44. The molecule has 0 aliphatic carbocycles. The van der Waals surface area contributed by atoms with Crippen molar-refractivity contribution >= 4 is 0 Å². The Hall–Kier alpha value is -0.720. The summed E-state index contributed by atoms with van der Waals surface area (Å²) >= 11 is 0. The molecule has 1 heterocycles. The third-order valence-electron chi connectivity index (χ3n) is 0.899. The van der Waals surface area contributed by atoms with Crippen LogP contribution in [0.25, 0.3) is 0 Å². The second-order valence-corrected chi connectivity index (χ2v) is 1.43. The van der Waals surface area contributed by atoms with Crippen LogP contribution in [0.2, 0.25) is 0 Å². The van der Waals surface area contributed by atoms with Crippen LogP contribution in [-0.4, -0.2) is 0 Å². The Morgan fingerprint density at radius 1 is 1.71 bits per heavy atom. The molecule has 1 rings (SSSR count). The first-order valence-corrected chi connectivity index (χ1v) is 2.10. The molecule has 0 aliphatic heterocycles. The largest absolute Gasteiger partial charge is 0.469 e. The summed E-state index contributed by atoms with van der Waals surface area (Å²) in [4.78, 5) is 0. The molecule has 0 aromatic carbocycles. The zero-order valence-electron chi connectivity index (χ0n) is 4.14. The molecule has 0 saturated carbocycles. The molecule has 1 aromatic heterocycles. The Balaban J connectivity index is 3.12. The summed E-state index contributed by atoms with van der Waals surface area (Å²) in [5.74, 6) is 0.792. The van der Waals surface area contributed by atoms with E-state index in [9.17, 15) is 0 Å². The van der Waals surface area contributed by atoms with Crippen molar-refractivity contribution < 1.29 is 4.42 Å². The van der Waals surface area contributed by atoms with Crippen LogP contribution in [0.15, 0.2) is 16.7 Å². The van der Waals surface area contributed by atoms with Crippen LogP contribution in [-0.2, 0) is 0 Å². The molecule has 0 bridgehead atoms. The van der Waals surface area contributed by atoms with Crippen molar-refractivity contribution in [3.05, 3.63) is 30.6 Å². The van der Waals surface area contributed by atoms with Gasteiger partial charge in [-0.25, -0.2) is 0 Å². The summed E-state index contributed by atoms with van der Waals surface area (Å²) in [5, 5.41) is 0. The highest BCUT2D eigenvalue weighted by Crippen LogP contribution is 2.04. The Labute approximate surface area is 43.0 Å². The molecular weight excluding hydrogens is 88.1 g/mol. The van der Waals surface area contributed by atoms with E-state index in [2.05, 4.69) is 0 Å². The number of aryl methyl sites for hydroxylation is 1. The van der Waals surface area contributed by atoms with Crippen LogP contribution >= 0.6 is 0 Å². The molecule has 1 heteroatoms. The lowest BCUT2D eigenvalue weighted by Gasteiger charge is -1.78. The van der Waals surface area contributed by atoms with E-state index in [-0.39, 0.29) is 0 Å². The van der Waals surface area contributed by atoms with Crippen molar-refractivity contribution in [3.8, 4) is 0 Å². The minimum atomic E-state index is 0.722. The Morgan fingerprint density at radius 2 is 2.43 bits per heavy atom. The molecular formula is C6H6O. The molecule has 0 amide bonds. The Kier molecular flexibility index (Phi) is 0.895. The van der Waals surface area contributed by atoms with E-state index in [0.29, 0.717) is 0 Å². The third-order valence-corrected chi connectivity index (χ3v) is 0.899. The van der Waals surface area contributed by atoms with Crippen LogP contribution in [0.4, 0.5) is 0 Å². The van der Waals surface area contributed by atoms with Crippen molar-refractivity contribution in [2.45, 2.75) is 6.92 Å². The van der Waals surface area contributed by atoms with Crippen LogP contribution < -0.4 is 0 Å². The van der Waals surface area contributed by atoms with Gasteiger partial charge in [-0.2, -0.15) is 0 Å². The lowest BCUT2D eigenvalue weighted by atomic mass is 10.3. The summed E-state index contributed by atoms with van der Waals surface area (Å²) < 4.78 is 4.84. The van der Waals surface area contributed by atoms with Gasteiger partial charge in [-0.15, -0.1) is 0 Å². The van der Waals surface area contributed by atoms with Gasteiger partial charge >= 0.3 is 0 Å². The number of hydrogen-bond acceptors (Lipinski definition) is 1. The zero-order valence-corrected chi connectivity index (χ0v) is 4.14. The first-order chi connectivity index (χ1) is 3.30. The minimum absolute atomic E-state index is 0.722. The predicted octanol–water partition coefficient (Wildman–Crippen LogP) is 1.65. The smallest absolute Gasteiger partial charge is 0.104 e. The van der Waals surface area contributed by atoms with Crippen molar-refractivity contribution in [2.75, 3.05) is 0 Å². The van der Waals surface area contributed by atoms with Gasteiger partial charge in [0.25, 0.3) is 0 Å². The summed E-state index contributed by atoms with van der Waals surface area (Å²) in [6.45, 7) is 7.17. The van der Waals surface area contributed by atoms with E-state index in [0.717, 1.165) is 11.3 Å². The molecule has 0 spiro atoms. The SMILES string of the molecule is [CH]c1ccoc1C. The fourth-order valence-corrected chi connectivity index (χ4v) is 0.395. The van der Waals surface area contributed by atoms with Crippen LogP contribution in [0.3, 0.4) is 0 Å². The highest BCUT2D eigenvalue weighted by Gasteiger charge is 1.89. The van der Waals surface area contributed by atoms with E-state index in [1.165, 1.54) is 0 Å². The molecule has 0 N–H and O–H groups in total. The second-order valence-electron chi connectivity index (χ2n) is 1.43. The molecule has 1 nitrogen and oxygen atoms in total. The predicted molar refractivity (Wildman–Crippen MR) is 26.8 cm³/mol. The number of hydrogen-bond donors (Lipinski definition) is 0. The fourth-order valence-electron chi connectivity index (χ4n) is 0.395. The lowest BCUT2D eigenvalue weighted by molar-refractivity contribution is 0.533. The maximum atomic E-state index is 5.35. The highest BCUT2D eigenvalue weighted by molar-refractivity contribution is 5.17. The van der Waals surface area contributed by atoms with Gasteiger partial charge in [0.15, 0.2) is 0 Å². The van der Waals surface area contributed by atoms with Gasteiger partial charge in [-0.05, 0) is 18.6 Å². The first-order valence-electron chi connectivity index (χ1n) is 2.10. The fraction of sp³-hybridized carbons (Fsp3) is 0.167. The summed E-state index contributed by atoms with van der Waals surface area (Å²) in [5.41, 5.74) is 0.722. The molecule has 0 saturated heterocycles. The molecule has 1 aromatic rings. The van der Waals surface area contributed by atoms with E-state index >= 15 is 0 Å². The van der Waals surface area contributed by atoms with Gasteiger partial charge in [0.05, 0.1) is 6.26 Å². The summed E-state index contributed by atoms with van der Waals surface area (Å²) in [6.07, 6.45) is 1.57. The van der Waals surface area contributed by atoms with Crippen molar-refractivity contribution in [1.29, 1.82) is 0 Å². The molecule has 0 atom stereocenters. The monoisotopic (exact) mass is 94.0 g/mol. The average molecular weight is 94.1 g/mol. The van der Waals surface area contributed by atoms with Crippen molar-refractivity contribution in [2.24, 2.45) is 0 Å². The van der Waals surface area contributed by atoms with Gasteiger partial charge < -0.3 is 4.42 Å². The lowest BCUT2D eigenvalue weighted by Crippen LogP contribution is -1.63. The highest BCUT2D eigenvalue weighted by atomic mass is 16.3. The van der Waals surface area contributed by atoms with E-state index in [1.807, 2.05) is 6.92 Å². The summed E-state index contributed by atoms with van der Waals surface area (Å²) in [6, 6.07) is 1.73. The average Bonchev–Trinajstić information content (AvgIpc) is 1.91. The molecule has 0 fully saturated rings. The van der Waals surface area contributed by atoms with E-state index < -0.39 is 0 Å². The van der Waals surface area contributed by atoms with E-state index in [1.54, 1.807) is 12.3 Å². The van der Waals surface area contributed by atoms with Crippen LogP contribution in [0.1, 0.15) is 11.3 Å². The quantitative estimate of drug-likeness (QED) is 0.476. The zero-order chi connectivity index (χ0) is 5.28. The maximum absolute atomic E-state index is 5.35. The van der Waals surface area contributed by atoms with Gasteiger partial charge in [0.1, 0.15) is 5.76 Å². The molecule has 0 aliphatic rings. The molecule has 7 heavy (non-hydrogen) atoms. The normalized spacial score (nSPS) is 9.43. The van der Waals surface area contributed by atoms with Crippen LogP contribution in [0.5, 0.6) is 0 Å². The van der Waals surface area contributed by atoms with Crippen molar-refractivity contribution in [1.82, 2.24) is 0 Å². The minimum Gasteiger partial charge on any atom is -0.469 e. The summed E-state index contributed by atoms with van der Waals surface area (Å²) in [7, 11) is 0. The van der Waals surface area contributed by atoms with Gasteiger partial charge in [0.2, 0.25) is 0 Å². The van der Waals surface area contributed by atoms with Gasteiger partial charge in [0, 0.05) is 6.92 Å². The van der Waals surface area contributed by atoms with Crippen molar-refractivity contribution in [3.63, 3.8) is 0 Å². The number of rotatable bonds is 0. The van der Waals surface area contributed by atoms with Gasteiger partial charge in [-0.3, -0.25) is 0 Å². The Morgan fingerprint density at radius 3 is 2.57 bits per heavy atom. The molecule has 0 unspecified atom stereocenters. The second kappa shape index (κ2) is 1.41. The Bertz CT molecular complexity index is 136. The standard InChI is InChI=1S/C6H6O/c1-5-3-4-7-6(5)2/h1,3-4H,2H3.